The van der Waals surface area contributed by atoms with E-state index >= 15 is 0 Å². The molecule has 1 unspecified atom stereocenters. The maximum Gasteiger partial charge on any atom is 0.293 e. The fourth-order valence-corrected chi connectivity index (χ4v) is 1.20. The average Bonchev–Trinajstić information content (AvgIpc) is 2.20. The van der Waals surface area contributed by atoms with E-state index in [9.17, 15) is 4.79 Å². The molecule has 0 saturated carbocycles. The number of aryl methyl sites for hydroxylation is 1. The Morgan fingerprint density at radius 1 is 1.62 bits per heavy atom. The van der Waals surface area contributed by atoms with Crippen molar-refractivity contribution >= 4 is 5.82 Å². The highest BCUT2D eigenvalue weighted by atomic mass is 16.1. The Kier molecular flexibility index (Phi) is 3.70. The van der Waals surface area contributed by atoms with E-state index in [-0.39, 0.29) is 17.1 Å². The molecule has 0 bridgehead atoms. The van der Waals surface area contributed by atoms with Crippen LogP contribution in [0, 0.1) is 0 Å². The number of anilines is 1. The molecule has 0 spiro atoms. The molecule has 0 amide bonds. The van der Waals surface area contributed by atoms with Crippen molar-refractivity contribution in [3.05, 3.63) is 22.7 Å². The summed E-state index contributed by atoms with van der Waals surface area (Å²) < 4.78 is 1.60. The first-order valence-corrected chi connectivity index (χ1v) is 5.47. The van der Waals surface area contributed by atoms with Crippen LogP contribution in [0.1, 0.15) is 27.7 Å². The zero-order chi connectivity index (χ0) is 12.3. The summed E-state index contributed by atoms with van der Waals surface area (Å²) in [7, 11) is 0. The largest absolute Gasteiger partial charge is 0.359 e. The SMILES string of the molecule is CCn1ccnc(NC(C)(C)C(C)N)c1=O. The van der Waals surface area contributed by atoms with Crippen molar-refractivity contribution in [3.8, 4) is 0 Å². The molecule has 0 saturated heterocycles. The van der Waals surface area contributed by atoms with Gasteiger partial charge in [-0.25, -0.2) is 4.98 Å². The van der Waals surface area contributed by atoms with Gasteiger partial charge < -0.3 is 15.6 Å². The number of rotatable bonds is 4. The van der Waals surface area contributed by atoms with Crippen molar-refractivity contribution in [1.29, 1.82) is 0 Å². The smallest absolute Gasteiger partial charge is 0.293 e. The highest BCUT2D eigenvalue weighted by Crippen LogP contribution is 2.12. The van der Waals surface area contributed by atoms with Gasteiger partial charge in [0.25, 0.3) is 5.56 Å². The zero-order valence-electron chi connectivity index (χ0n) is 10.3. The van der Waals surface area contributed by atoms with Gasteiger partial charge in [0.2, 0.25) is 0 Å². The van der Waals surface area contributed by atoms with Crippen LogP contribution < -0.4 is 16.6 Å². The molecule has 1 heterocycles. The second-order valence-electron chi connectivity index (χ2n) is 4.50. The van der Waals surface area contributed by atoms with E-state index in [1.807, 2.05) is 27.7 Å². The first kappa shape index (κ1) is 12.7. The molecule has 1 aromatic rings. The van der Waals surface area contributed by atoms with Gasteiger partial charge in [-0.05, 0) is 27.7 Å². The Bertz CT molecular complexity index is 409. The predicted octanol–water partition coefficient (Wildman–Crippen LogP) is 0.801. The summed E-state index contributed by atoms with van der Waals surface area (Å²) in [5, 5.41) is 3.09. The number of aromatic nitrogens is 2. The fraction of sp³-hybridized carbons (Fsp3) is 0.636. The van der Waals surface area contributed by atoms with Gasteiger partial charge in [0.05, 0.1) is 0 Å². The molecule has 0 aliphatic rings. The predicted molar refractivity (Wildman–Crippen MR) is 65.5 cm³/mol. The summed E-state index contributed by atoms with van der Waals surface area (Å²) in [4.78, 5) is 16.0. The topological polar surface area (TPSA) is 72.9 Å². The van der Waals surface area contributed by atoms with Crippen LogP contribution in [0.4, 0.5) is 5.82 Å². The first-order chi connectivity index (χ1) is 7.38. The van der Waals surface area contributed by atoms with Crippen LogP contribution >= 0.6 is 0 Å². The zero-order valence-corrected chi connectivity index (χ0v) is 10.3. The molecule has 0 fully saturated rings. The molecule has 5 heteroatoms. The lowest BCUT2D eigenvalue weighted by atomic mass is 9.97. The van der Waals surface area contributed by atoms with Crippen LogP contribution in [0.3, 0.4) is 0 Å². The lowest BCUT2D eigenvalue weighted by Crippen LogP contribution is -2.48. The summed E-state index contributed by atoms with van der Waals surface area (Å²) in [5.41, 5.74) is 5.37. The van der Waals surface area contributed by atoms with Crippen LogP contribution in [-0.4, -0.2) is 21.1 Å². The van der Waals surface area contributed by atoms with E-state index in [0.717, 1.165) is 0 Å². The average molecular weight is 224 g/mol. The Labute approximate surface area is 95.7 Å². The summed E-state index contributed by atoms with van der Waals surface area (Å²) in [6, 6.07) is -0.0796. The molecule has 1 aromatic heterocycles. The highest BCUT2D eigenvalue weighted by Gasteiger charge is 2.24. The fourth-order valence-electron chi connectivity index (χ4n) is 1.20. The molecule has 0 aliphatic heterocycles. The molecule has 0 radical (unpaired) electrons. The van der Waals surface area contributed by atoms with Crippen LogP contribution in [0.2, 0.25) is 0 Å². The van der Waals surface area contributed by atoms with E-state index in [1.165, 1.54) is 0 Å². The summed E-state index contributed by atoms with van der Waals surface area (Å²) in [5.74, 6) is 0.353. The minimum absolute atomic E-state index is 0.0796. The van der Waals surface area contributed by atoms with Gasteiger partial charge in [0.1, 0.15) is 0 Å². The van der Waals surface area contributed by atoms with Gasteiger partial charge in [0.15, 0.2) is 5.82 Å². The molecule has 90 valence electrons. The summed E-state index contributed by atoms with van der Waals surface area (Å²) in [6.45, 7) is 8.34. The lowest BCUT2D eigenvalue weighted by Gasteiger charge is -2.30. The quantitative estimate of drug-likeness (QED) is 0.793. The molecule has 5 nitrogen and oxygen atoms in total. The first-order valence-electron chi connectivity index (χ1n) is 5.47. The standard InChI is InChI=1S/C11H20N4O/c1-5-15-7-6-13-9(10(15)16)14-11(3,4)8(2)12/h6-8H,5,12H2,1-4H3,(H,13,14). The Morgan fingerprint density at radius 2 is 2.25 bits per heavy atom. The van der Waals surface area contributed by atoms with Gasteiger partial charge in [-0.15, -0.1) is 0 Å². The maximum absolute atomic E-state index is 11.9. The third-order valence-corrected chi connectivity index (χ3v) is 2.83. The van der Waals surface area contributed by atoms with Crippen molar-refractivity contribution in [2.24, 2.45) is 5.73 Å². The minimum Gasteiger partial charge on any atom is -0.359 e. The van der Waals surface area contributed by atoms with E-state index in [0.29, 0.717) is 12.4 Å². The number of hydrogen-bond acceptors (Lipinski definition) is 4. The molecular formula is C11H20N4O. The molecule has 0 aromatic carbocycles. The van der Waals surface area contributed by atoms with Gasteiger partial charge >= 0.3 is 0 Å². The number of nitrogens with two attached hydrogens (primary N) is 1. The molecule has 0 aliphatic carbocycles. The van der Waals surface area contributed by atoms with Gasteiger partial charge in [-0.1, -0.05) is 0 Å². The van der Waals surface area contributed by atoms with E-state index < -0.39 is 0 Å². The normalized spacial score (nSPS) is 13.6. The second-order valence-corrected chi connectivity index (χ2v) is 4.50. The number of nitrogens with zero attached hydrogens (tertiary/aromatic N) is 2. The molecule has 3 N–H and O–H groups in total. The second kappa shape index (κ2) is 4.65. The monoisotopic (exact) mass is 224 g/mol. The van der Waals surface area contributed by atoms with Crippen molar-refractivity contribution in [3.63, 3.8) is 0 Å². The van der Waals surface area contributed by atoms with Crippen LogP contribution in [0.5, 0.6) is 0 Å². The lowest BCUT2D eigenvalue weighted by molar-refractivity contribution is 0.467. The summed E-state index contributed by atoms with van der Waals surface area (Å²) >= 11 is 0. The highest BCUT2D eigenvalue weighted by molar-refractivity contribution is 5.35. The molecular weight excluding hydrogens is 204 g/mol. The minimum atomic E-state index is -0.362. The number of hydrogen-bond donors (Lipinski definition) is 2. The van der Waals surface area contributed by atoms with Crippen LogP contribution in [-0.2, 0) is 6.54 Å². The molecule has 16 heavy (non-hydrogen) atoms. The van der Waals surface area contributed by atoms with Crippen molar-refractivity contribution in [2.45, 2.75) is 45.8 Å². The third-order valence-electron chi connectivity index (χ3n) is 2.83. The van der Waals surface area contributed by atoms with Crippen LogP contribution in [0.25, 0.3) is 0 Å². The molecule has 1 rings (SSSR count). The summed E-state index contributed by atoms with van der Waals surface area (Å²) in [6.07, 6.45) is 3.29. The number of nitrogens with one attached hydrogen (secondary N) is 1. The maximum atomic E-state index is 11.9. The Balaban J connectivity index is 3.03. The van der Waals surface area contributed by atoms with Gasteiger partial charge in [-0.2, -0.15) is 0 Å². The van der Waals surface area contributed by atoms with Gasteiger partial charge in [-0.3, -0.25) is 4.79 Å². The van der Waals surface area contributed by atoms with Crippen molar-refractivity contribution < 1.29 is 0 Å². The molecule has 1 atom stereocenters. The van der Waals surface area contributed by atoms with E-state index in [4.69, 9.17) is 5.73 Å². The third kappa shape index (κ3) is 2.61. The Morgan fingerprint density at radius 3 is 2.75 bits per heavy atom. The van der Waals surface area contributed by atoms with Crippen molar-refractivity contribution in [1.82, 2.24) is 9.55 Å². The van der Waals surface area contributed by atoms with Crippen molar-refractivity contribution in [2.75, 3.05) is 5.32 Å². The van der Waals surface area contributed by atoms with E-state index in [2.05, 4.69) is 10.3 Å². The van der Waals surface area contributed by atoms with E-state index in [1.54, 1.807) is 17.0 Å². The van der Waals surface area contributed by atoms with Crippen LogP contribution in [0.15, 0.2) is 17.2 Å². The van der Waals surface area contributed by atoms with Gasteiger partial charge in [0, 0.05) is 30.5 Å². The Hall–Kier alpha value is -1.36.